The van der Waals surface area contributed by atoms with E-state index in [0.717, 1.165) is 45.1 Å². The smallest absolute Gasteiger partial charge is 0.145 e. The number of nitrogens with one attached hydrogen (secondary N) is 2. The van der Waals surface area contributed by atoms with Crippen LogP contribution in [-0.4, -0.2) is 10.3 Å². The first-order chi connectivity index (χ1) is 25.6. The summed E-state index contributed by atoms with van der Waals surface area (Å²) in [5, 5.41) is 8.75. The molecule has 2 aromatic carbocycles. The molecule has 3 heterocycles. The molecule has 52 heavy (non-hydrogen) atoms. The zero-order valence-corrected chi connectivity index (χ0v) is 30.4. The normalized spacial score (nSPS) is 23.8. The fraction of sp³-hybridized carbons (Fsp3) is 0.271. The largest absolute Gasteiger partial charge is 0.385 e. The molecule has 0 fully saturated rings. The lowest BCUT2D eigenvalue weighted by Gasteiger charge is -2.34. The molecule has 9 rings (SSSR count). The second-order valence-corrected chi connectivity index (χ2v) is 15.1. The van der Waals surface area contributed by atoms with Gasteiger partial charge in [-0.25, -0.2) is 0 Å². The third-order valence-corrected chi connectivity index (χ3v) is 11.6. The van der Waals surface area contributed by atoms with Crippen molar-refractivity contribution in [3.8, 4) is 0 Å². The average Bonchev–Trinajstić information content (AvgIpc) is 3.55. The number of fused-ring (bicyclic) bond motifs is 3. The molecule has 3 aromatic rings. The molecule has 1 aromatic heterocycles. The molecule has 260 valence electrons. The molecule has 2 aliphatic heterocycles. The Kier molecular flexibility index (Phi) is 8.76. The monoisotopic (exact) mass is 680 g/mol. The van der Waals surface area contributed by atoms with Crippen molar-refractivity contribution in [3.05, 3.63) is 178 Å². The molecule has 4 nitrogen and oxygen atoms in total. The number of benzene rings is 2. The molecule has 0 bridgehead atoms. The first kappa shape index (κ1) is 32.6. The van der Waals surface area contributed by atoms with Crippen LogP contribution < -0.4 is 10.6 Å². The fourth-order valence-electron chi connectivity index (χ4n) is 8.75. The van der Waals surface area contributed by atoms with E-state index in [-0.39, 0.29) is 12.1 Å². The molecule has 0 spiro atoms. The minimum atomic E-state index is -0.152. The quantitative estimate of drug-likeness (QED) is 0.261. The Hall–Kier alpha value is -5.35. The average molecular weight is 681 g/mol. The molecule has 0 saturated carbocycles. The predicted molar refractivity (Wildman–Crippen MR) is 218 cm³/mol. The maximum Gasteiger partial charge on any atom is 0.145 e. The summed E-state index contributed by atoms with van der Waals surface area (Å²) in [5.74, 6) is 0.830. The number of aliphatic imine (C=N–C) groups is 1. The summed E-state index contributed by atoms with van der Waals surface area (Å²) >= 11 is 0. The van der Waals surface area contributed by atoms with Gasteiger partial charge in [0.1, 0.15) is 6.17 Å². The van der Waals surface area contributed by atoms with Crippen molar-refractivity contribution < 1.29 is 0 Å². The minimum absolute atomic E-state index is 0.152. The van der Waals surface area contributed by atoms with Gasteiger partial charge in [-0.2, -0.15) is 0 Å². The van der Waals surface area contributed by atoms with E-state index in [0.29, 0.717) is 12.0 Å². The van der Waals surface area contributed by atoms with Crippen LogP contribution in [-0.2, 0) is 6.54 Å². The summed E-state index contributed by atoms with van der Waals surface area (Å²) in [5.41, 5.74) is 15.7. The summed E-state index contributed by atoms with van der Waals surface area (Å²) in [6.07, 6.45) is 38.3. The van der Waals surface area contributed by atoms with Gasteiger partial charge in [0, 0.05) is 33.7 Å². The maximum atomic E-state index is 5.58. The van der Waals surface area contributed by atoms with Crippen LogP contribution in [0.3, 0.4) is 0 Å². The Morgan fingerprint density at radius 1 is 0.827 bits per heavy atom. The van der Waals surface area contributed by atoms with E-state index in [1.165, 1.54) is 72.6 Å². The molecule has 4 heteroatoms. The summed E-state index contributed by atoms with van der Waals surface area (Å²) < 4.78 is 2.54. The highest BCUT2D eigenvalue weighted by atomic mass is 15.1. The molecule has 0 saturated heterocycles. The predicted octanol–water partition coefficient (Wildman–Crippen LogP) is 11.3. The van der Waals surface area contributed by atoms with Crippen LogP contribution in [0.2, 0.25) is 0 Å². The number of nitrogens with zero attached hydrogens (tertiary/aromatic N) is 2. The minimum Gasteiger partial charge on any atom is -0.385 e. The second kappa shape index (κ2) is 14.0. The number of aromatic nitrogens is 1. The number of allylic oxidation sites excluding steroid dienone is 16. The van der Waals surface area contributed by atoms with E-state index in [9.17, 15) is 0 Å². The van der Waals surface area contributed by atoms with Crippen molar-refractivity contribution in [3.63, 3.8) is 0 Å². The molecular weight excluding hydrogens is 633 g/mol. The molecule has 6 aliphatic rings. The van der Waals surface area contributed by atoms with Crippen molar-refractivity contribution in [2.75, 3.05) is 0 Å². The van der Waals surface area contributed by atoms with Gasteiger partial charge in [0.15, 0.2) is 0 Å². The van der Waals surface area contributed by atoms with Gasteiger partial charge in [-0.1, -0.05) is 135 Å². The van der Waals surface area contributed by atoms with Gasteiger partial charge in [-0.05, 0) is 90.6 Å². The second-order valence-electron chi connectivity index (χ2n) is 15.1. The lowest BCUT2D eigenvalue weighted by molar-refractivity contribution is 0.591. The highest BCUT2D eigenvalue weighted by Crippen LogP contribution is 2.40. The Balaban J connectivity index is 1.02. The third kappa shape index (κ3) is 6.04. The van der Waals surface area contributed by atoms with Gasteiger partial charge >= 0.3 is 0 Å². The van der Waals surface area contributed by atoms with Crippen LogP contribution in [0.1, 0.15) is 87.0 Å². The van der Waals surface area contributed by atoms with Crippen molar-refractivity contribution in [2.45, 2.75) is 71.1 Å². The van der Waals surface area contributed by atoms with E-state index in [1.54, 1.807) is 0 Å². The fourth-order valence-corrected chi connectivity index (χ4v) is 8.75. The van der Waals surface area contributed by atoms with Gasteiger partial charge in [-0.3, -0.25) is 4.99 Å². The standard InChI is InChI=1S/C48H48N4/c1-32(2)33-17-21-36(22-18-33)45-46(37-11-5-3-6-12-37)50-48(51-47(45)38-13-7-4-8-14-38)39-23-19-34(20-24-39)35-25-27-40(28-26-35)52-43-16-10-9-15-41(43)42-29-30-49-31-44(42)52/h3,5-7,9-11,13-17,19-21,23-27,29-30,32,37,40,48-49,51H,4,8,12,18,22,28,31H2,1-2H3. The van der Waals surface area contributed by atoms with Crippen LogP contribution in [0, 0.1) is 11.8 Å². The summed E-state index contributed by atoms with van der Waals surface area (Å²) in [6.45, 7) is 5.47. The van der Waals surface area contributed by atoms with Crippen molar-refractivity contribution in [2.24, 2.45) is 16.8 Å². The third-order valence-electron chi connectivity index (χ3n) is 11.6. The molecular formula is C48H48N4. The highest BCUT2D eigenvalue weighted by molar-refractivity contribution is 6.08. The lowest BCUT2D eigenvalue weighted by atomic mass is 9.79. The van der Waals surface area contributed by atoms with Gasteiger partial charge in [0.25, 0.3) is 0 Å². The van der Waals surface area contributed by atoms with Gasteiger partial charge < -0.3 is 15.2 Å². The maximum absolute atomic E-state index is 5.58. The van der Waals surface area contributed by atoms with E-state index in [2.05, 4.69) is 163 Å². The van der Waals surface area contributed by atoms with Gasteiger partial charge in [-0.15, -0.1) is 0 Å². The first-order valence-corrected chi connectivity index (χ1v) is 19.3. The molecule has 0 radical (unpaired) electrons. The van der Waals surface area contributed by atoms with Crippen molar-refractivity contribution in [1.29, 1.82) is 0 Å². The molecule has 2 N–H and O–H groups in total. The molecule has 4 aliphatic carbocycles. The summed E-state index contributed by atoms with van der Waals surface area (Å²) in [4.78, 5) is 5.58. The first-order valence-electron chi connectivity index (χ1n) is 19.3. The van der Waals surface area contributed by atoms with Crippen molar-refractivity contribution >= 4 is 28.3 Å². The van der Waals surface area contributed by atoms with E-state index < -0.39 is 0 Å². The van der Waals surface area contributed by atoms with Gasteiger partial charge in [0.2, 0.25) is 0 Å². The van der Waals surface area contributed by atoms with Crippen LogP contribution in [0.25, 0.3) is 22.6 Å². The number of para-hydroxylation sites is 1. The SMILES string of the molecule is CC(C)C1=CC=C(C2=C(C3=CCCC=C3)NC(c3ccc(C4=CCC(n5c6c(c7ccccc75)C=CNC6)C=C4)cc3)N=C2C2C=CC=CC2)CC1. The van der Waals surface area contributed by atoms with Crippen LogP contribution in [0.15, 0.2) is 161 Å². The number of rotatable bonds is 7. The Bertz CT molecular complexity index is 2250. The number of hydrogen-bond acceptors (Lipinski definition) is 3. The summed E-state index contributed by atoms with van der Waals surface area (Å²) in [6, 6.07) is 18.2. The Labute approximate surface area is 308 Å². The summed E-state index contributed by atoms with van der Waals surface area (Å²) in [7, 11) is 0. The van der Waals surface area contributed by atoms with E-state index in [1.807, 2.05) is 0 Å². The molecule has 3 unspecified atom stereocenters. The molecule has 0 amide bonds. The van der Waals surface area contributed by atoms with Gasteiger partial charge in [0.05, 0.1) is 24.0 Å². The zero-order valence-electron chi connectivity index (χ0n) is 30.4. The highest BCUT2D eigenvalue weighted by Gasteiger charge is 2.32. The van der Waals surface area contributed by atoms with Crippen LogP contribution >= 0.6 is 0 Å². The van der Waals surface area contributed by atoms with Crippen molar-refractivity contribution in [1.82, 2.24) is 15.2 Å². The van der Waals surface area contributed by atoms with Crippen LogP contribution in [0.4, 0.5) is 0 Å². The zero-order chi connectivity index (χ0) is 35.0. The van der Waals surface area contributed by atoms with E-state index >= 15 is 0 Å². The lowest BCUT2D eigenvalue weighted by Crippen LogP contribution is -2.33. The van der Waals surface area contributed by atoms with Crippen LogP contribution in [0.5, 0.6) is 0 Å². The Morgan fingerprint density at radius 2 is 1.73 bits per heavy atom. The molecule has 3 atom stereocenters. The number of hydrogen-bond donors (Lipinski definition) is 2. The van der Waals surface area contributed by atoms with E-state index in [4.69, 9.17) is 4.99 Å². The topological polar surface area (TPSA) is 41.4 Å². The Morgan fingerprint density at radius 3 is 2.48 bits per heavy atom.